The van der Waals surface area contributed by atoms with Crippen molar-refractivity contribution in [3.8, 4) is 11.8 Å². The number of thioether (sulfide) groups is 1. The Balaban J connectivity index is 1.78. The van der Waals surface area contributed by atoms with Gasteiger partial charge in [0.05, 0.1) is 11.6 Å². The number of hydrogen-bond donors (Lipinski definition) is 0. The summed E-state index contributed by atoms with van der Waals surface area (Å²) >= 11 is 1.66. The molecule has 102 valence electrons. The van der Waals surface area contributed by atoms with Crippen LogP contribution in [0.25, 0.3) is 5.69 Å². The van der Waals surface area contributed by atoms with Gasteiger partial charge in [-0.15, -0.1) is 0 Å². The van der Waals surface area contributed by atoms with Crippen molar-refractivity contribution in [2.24, 2.45) is 0 Å². The van der Waals surface area contributed by atoms with Gasteiger partial charge in [-0.1, -0.05) is 42.1 Å². The first-order chi connectivity index (χ1) is 10.4. The highest BCUT2D eigenvalue weighted by atomic mass is 32.2. The van der Waals surface area contributed by atoms with Gasteiger partial charge in [0.2, 0.25) is 0 Å². The summed E-state index contributed by atoms with van der Waals surface area (Å²) in [4.78, 5) is 4.41. The molecule has 0 saturated heterocycles. The number of para-hydroxylation sites is 1. The van der Waals surface area contributed by atoms with Crippen molar-refractivity contribution in [1.29, 1.82) is 5.26 Å². The maximum Gasteiger partial charge on any atom is 0.172 e. The van der Waals surface area contributed by atoms with Gasteiger partial charge in [-0.25, -0.2) is 4.98 Å². The summed E-state index contributed by atoms with van der Waals surface area (Å²) in [7, 11) is 0. The lowest BCUT2D eigenvalue weighted by Gasteiger charge is -2.07. The average molecular weight is 291 g/mol. The second kappa shape index (κ2) is 6.29. The lowest BCUT2D eigenvalue weighted by Crippen LogP contribution is -1.94. The Bertz CT molecular complexity index is 772. The SMILES string of the molecule is N#Cc1cccc(CSc2nccn2-c2ccccc2)c1. The molecule has 0 saturated carbocycles. The molecule has 3 rings (SSSR count). The standard InChI is InChI=1S/C17H13N3S/c18-12-14-5-4-6-15(11-14)13-21-17-19-9-10-20(17)16-7-2-1-3-8-16/h1-11H,13H2. The molecule has 4 heteroatoms. The number of benzene rings is 2. The van der Waals surface area contributed by atoms with Gasteiger partial charge in [-0.05, 0) is 29.8 Å². The quantitative estimate of drug-likeness (QED) is 0.681. The summed E-state index contributed by atoms with van der Waals surface area (Å²) < 4.78 is 2.07. The fourth-order valence-corrected chi connectivity index (χ4v) is 2.98. The van der Waals surface area contributed by atoms with Gasteiger partial charge in [-0.2, -0.15) is 5.26 Å². The molecule has 21 heavy (non-hydrogen) atoms. The fraction of sp³-hybridized carbons (Fsp3) is 0.0588. The van der Waals surface area contributed by atoms with E-state index in [1.807, 2.05) is 48.7 Å². The fourth-order valence-electron chi connectivity index (χ4n) is 2.06. The molecule has 0 unspecified atom stereocenters. The van der Waals surface area contributed by atoms with Crippen molar-refractivity contribution in [2.45, 2.75) is 10.9 Å². The number of nitrogens with zero attached hydrogens (tertiary/aromatic N) is 3. The molecule has 0 amide bonds. The molecular formula is C17H13N3S. The van der Waals surface area contributed by atoms with Gasteiger partial charge in [0.15, 0.2) is 5.16 Å². The molecule has 0 fully saturated rings. The van der Waals surface area contributed by atoms with Gasteiger partial charge >= 0.3 is 0 Å². The molecule has 2 aromatic carbocycles. The predicted octanol–water partition coefficient (Wildman–Crippen LogP) is 4.04. The largest absolute Gasteiger partial charge is 0.295 e. The second-order valence-electron chi connectivity index (χ2n) is 4.52. The zero-order valence-corrected chi connectivity index (χ0v) is 12.1. The molecule has 0 N–H and O–H groups in total. The van der Waals surface area contributed by atoms with Crippen molar-refractivity contribution >= 4 is 11.8 Å². The normalized spacial score (nSPS) is 10.2. The zero-order chi connectivity index (χ0) is 14.5. The molecule has 0 atom stereocenters. The van der Waals surface area contributed by atoms with Crippen LogP contribution in [0.2, 0.25) is 0 Å². The van der Waals surface area contributed by atoms with Gasteiger partial charge in [0, 0.05) is 23.8 Å². The van der Waals surface area contributed by atoms with E-state index in [1.165, 1.54) is 0 Å². The number of aromatic nitrogens is 2. The second-order valence-corrected chi connectivity index (χ2v) is 5.46. The Labute approximate surface area is 127 Å². The molecule has 0 radical (unpaired) electrons. The smallest absolute Gasteiger partial charge is 0.172 e. The van der Waals surface area contributed by atoms with E-state index in [2.05, 4.69) is 27.8 Å². The molecule has 3 aromatic rings. The Morgan fingerprint density at radius 2 is 1.95 bits per heavy atom. The first-order valence-corrected chi connectivity index (χ1v) is 7.56. The van der Waals surface area contributed by atoms with Crippen LogP contribution >= 0.6 is 11.8 Å². The van der Waals surface area contributed by atoms with E-state index in [-0.39, 0.29) is 0 Å². The van der Waals surface area contributed by atoms with Crippen LogP contribution < -0.4 is 0 Å². The molecule has 0 spiro atoms. The molecule has 0 aliphatic carbocycles. The van der Waals surface area contributed by atoms with E-state index in [9.17, 15) is 0 Å². The lowest BCUT2D eigenvalue weighted by atomic mass is 10.2. The molecule has 1 heterocycles. The Morgan fingerprint density at radius 3 is 2.76 bits per heavy atom. The number of rotatable bonds is 4. The number of imidazole rings is 1. The van der Waals surface area contributed by atoms with Gasteiger partial charge in [0.25, 0.3) is 0 Å². The molecular weight excluding hydrogens is 278 g/mol. The van der Waals surface area contributed by atoms with E-state index in [1.54, 1.807) is 18.0 Å². The van der Waals surface area contributed by atoms with Crippen LogP contribution in [-0.2, 0) is 5.75 Å². The highest BCUT2D eigenvalue weighted by Gasteiger charge is 2.06. The van der Waals surface area contributed by atoms with Gasteiger partial charge in [0.1, 0.15) is 0 Å². The van der Waals surface area contributed by atoms with Crippen LogP contribution in [0.15, 0.2) is 72.1 Å². The monoisotopic (exact) mass is 291 g/mol. The van der Waals surface area contributed by atoms with E-state index in [0.717, 1.165) is 22.2 Å². The molecule has 0 aliphatic heterocycles. The maximum atomic E-state index is 8.93. The summed E-state index contributed by atoms with van der Waals surface area (Å²) in [5, 5.41) is 9.88. The average Bonchev–Trinajstić information content (AvgIpc) is 3.02. The highest BCUT2D eigenvalue weighted by Crippen LogP contribution is 2.24. The van der Waals surface area contributed by atoms with Crippen LogP contribution in [-0.4, -0.2) is 9.55 Å². The third-order valence-corrected chi connectivity index (χ3v) is 4.10. The Kier molecular flexibility index (Phi) is 4.04. The number of nitriles is 1. The predicted molar refractivity (Wildman–Crippen MR) is 84.3 cm³/mol. The number of hydrogen-bond acceptors (Lipinski definition) is 3. The van der Waals surface area contributed by atoms with Crippen LogP contribution in [0.4, 0.5) is 0 Å². The van der Waals surface area contributed by atoms with E-state index < -0.39 is 0 Å². The third-order valence-electron chi connectivity index (χ3n) is 3.07. The van der Waals surface area contributed by atoms with E-state index in [4.69, 9.17) is 5.26 Å². The van der Waals surface area contributed by atoms with Crippen molar-refractivity contribution in [3.63, 3.8) is 0 Å². The first-order valence-electron chi connectivity index (χ1n) is 6.57. The van der Waals surface area contributed by atoms with E-state index in [0.29, 0.717) is 5.56 Å². The minimum absolute atomic E-state index is 0.694. The Morgan fingerprint density at radius 1 is 1.10 bits per heavy atom. The summed E-state index contributed by atoms with van der Waals surface area (Å²) in [6.07, 6.45) is 3.77. The maximum absolute atomic E-state index is 8.93. The van der Waals surface area contributed by atoms with Gasteiger partial charge < -0.3 is 0 Å². The topological polar surface area (TPSA) is 41.6 Å². The van der Waals surface area contributed by atoms with Crippen molar-refractivity contribution < 1.29 is 0 Å². The van der Waals surface area contributed by atoms with Crippen molar-refractivity contribution in [1.82, 2.24) is 9.55 Å². The highest BCUT2D eigenvalue weighted by molar-refractivity contribution is 7.98. The molecule has 1 aromatic heterocycles. The Hall–Kier alpha value is -2.51. The minimum Gasteiger partial charge on any atom is -0.295 e. The molecule has 3 nitrogen and oxygen atoms in total. The summed E-state index contributed by atoms with van der Waals surface area (Å²) in [6, 6.07) is 20.0. The summed E-state index contributed by atoms with van der Waals surface area (Å²) in [6.45, 7) is 0. The van der Waals surface area contributed by atoms with Gasteiger partial charge in [-0.3, -0.25) is 4.57 Å². The summed E-state index contributed by atoms with van der Waals surface area (Å²) in [5.74, 6) is 0.791. The first kappa shape index (κ1) is 13.5. The third kappa shape index (κ3) is 3.15. The van der Waals surface area contributed by atoms with Crippen LogP contribution in [0.1, 0.15) is 11.1 Å². The van der Waals surface area contributed by atoms with Crippen molar-refractivity contribution in [3.05, 3.63) is 78.1 Å². The zero-order valence-electron chi connectivity index (χ0n) is 11.3. The minimum atomic E-state index is 0.694. The van der Waals surface area contributed by atoms with Crippen LogP contribution in [0.5, 0.6) is 0 Å². The lowest BCUT2D eigenvalue weighted by molar-refractivity contribution is 0.895. The molecule has 0 bridgehead atoms. The van der Waals surface area contributed by atoms with Crippen molar-refractivity contribution in [2.75, 3.05) is 0 Å². The van der Waals surface area contributed by atoms with Crippen LogP contribution in [0, 0.1) is 11.3 Å². The van der Waals surface area contributed by atoms with E-state index >= 15 is 0 Å². The summed E-state index contributed by atoms with van der Waals surface area (Å²) in [5.41, 5.74) is 2.92. The molecule has 0 aliphatic rings. The van der Waals surface area contributed by atoms with Crippen LogP contribution in [0.3, 0.4) is 0 Å².